The summed E-state index contributed by atoms with van der Waals surface area (Å²) in [5, 5.41) is 2.51. The van der Waals surface area contributed by atoms with Crippen LogP contribution in [0.3, 0.4) is 0 Å². The molecule has 0 amide bonds. The van der Waals surface area contributed by atoms with Gasteiger partial charge in [-0.1, -0.05) is 40.9 Å². The van der Waals surface area contributed by atoms with Crippen molar-refractivity contribution in [1.29, 1.82) is 0 Å². The first-order chi connectivity index (χ1) is 9.54. The van der Waals surface area contributed by atoms with Crippen LogP contribution in [0.4, 0.5) is 4.39 Å². The molecule has 0 unspecified atom stereocenters. The Bertz CT molecular complexity index is 795. The monoisotopic (exact) mass is 327 g/mol. The Hall–Kier alpha value is -1.22. The number of hydrogen-bond acceptors (Lipinski definition) is 0. The van der Waals surface area contributed by atoms with Gasteiger partial charge in [0.2, 0.25) is 0 Å². The molecule has 0 atom stereocenters. The largest absolute Gasteiger partial charge is 0.343 e. The van der Waals surface area contributed by atoms with E-state index in [1.54, 1.807) is 12.1 Å². The van der Waals surface area contributed by atoms with Crippen molar-refractivity contribution in [3.8, 4) is 0 Å². The van der Waals surface area contributed by atoms with Gasteiger partial charge in [0.15, 0.2) is 0 Å². The summed E-state index contributed by atoms with van der Waals surface area (Å²) in [6, 6.07) is 9.86. The van der Waals surface area contributed by atoms with Crippen LogP contribution in [0.15, 0.2) is 42.6 Å². The molecule has 102 valence electrons. The number of rotatable bonds is 2. The number of benzene rings is 2. The Kier molecular flexibility index (Phi) is 3.63. The fourth-order valence-electron chi connectivity index (χ4n) is 2.19. The van der Waals surface area contributed by atoms with E-state index in [9.17, 15) is 4.39 Å². The molecule has 0 aliphatic carbocycles. The highest BCUT2D eigenvalue weighted by Crippen LogP contribution is 2.29. The van der Waals surface area contributed by atoms with Crippen molar-refractivity contribution in [2.24, 2.45) is 0 Å². The number of nitrogens with zero attached hydrogens (tertiary/aromatic N) is 1. The minimum Gasteiger partial charge on any atom is -0.343 e. The summed E-state index contributed by atoms with van der Waals surface area (Å²) in [5.41, 5.74) is 1.75. The minimum atomic E-state index is -0.345. The summed E-state index contributed by atoms with van der Waals surface area (Å²) in [5.74, 6) is -0.345. The normalized spacial score (nSPS) is 11.2. The average molecular weight is 329 g/mol. The third-order valence-electron chi connectivity index (χ3n) is 3.16. The van der Waals surface area contributed by atoms with Crippen LogP contribution in [0.1, 0.15) is 5.56 Å². The maximum Gasteiger partial charge on any atom is 0.124 e. The van der Waals surface area contributed by atoms with Crippen molar-refractivity contribution < 1.29 is 4.39 Å². The second-order valence-corrected chi connectivity index (χ2v) is 5.75. The van der Waals surface area contributed by atoms with E-state index in [1.165, 1.54) is 12.1 Å². The summed E-state index contributed by atoms with van der Waals surface area (Å²) in [6.45, 7) is 0.527. The van der Waals surface area contributed by atoms with Crippen molar-refractivity contribution in [2.75, 3.05) is 0 Å². The zero-order chi connectivity index (χ0) is 14.3. The van der Waals surface area contributed by atoms with Crippen LogP contribution in [0.5, 0.6) is 0 Å². The third kappa shape index (κ3) is 2.51. The Labute approximate surface area is 130 Å². The first-order valence-corrected chi connectivity index (χ1v) is 7.06. The molecule has 0 fully saturated rings. The Balaban J connectivity index is 2.07. The predicted molar refractivity (Wildman–Crippen MR) is 82.5 cm³/mol. The molecule has 0 spiro atoms. The first-order valence-electron chi connectivity index (χ1n) is 5.92. The highest BCUT2D eigenvalue weighted by atomic mass is 35.5. The lowest BCUT2D eigenvalue weighted by Gasteiger charge is -2.08. The van der Waals surface area contributed by atoms with Crippen molar-refractivity contribution in [3.05, 3.63) is 69.0 Å². The van der Waals surface area contributed by atoms with E-state index < -0.39 is 0 Å². The van der Waals surface area contributed by atoms with Crippen molar-refractivity contribution in [2.45, 2.75) is 6.54 Å². The predicted octanol–water partition coefficient (Wildman–Crippen LogP) is 5.79. The van der Waals surface area contributed by atoms with Crippen LogP contribution in [0.25, 0.3) is 10.9 Å². The molecule has 1 nitrogen and oxygen atoms in total. The van der Waals surface area contributed by atoms with Crippen LogP contribution in [-0.2, 0) is 6.54 Å². The van der Waals surface area contributed by atoms with Crippen LogP contribution in [-0.4, -0.2) is 4.57 Å². The fourth-order valence-corrected chi connectivity index (χ4v) is 2.96. The van der Waals surface area contributed by atoms with E-state index in [-0.39, 0.29) is 5.82 Å². The number of aromatic nitrogens is 1. The van der Waals surface area contributed by atoms with Gasteiger partial charge in [0.05, 0.1) is 10.5 Å². The Morgan fingerprint density at radius 2 is 1.75 bits per heavy atom. The summed E-state index contributed by atoms with van der Waals surface area (Å²) < 4.78 is 15.0. The van der Waals surface area contributed by atoms with Crippen molar-refractivity contribution in [1.82, 2.24) is 4.57 Å². The Morgan fingerprint density at radius 1 is 0.950 bits per heavy atom. The van der Waals surface area contributed by atoms with Gasteiger partial charge in [-0.2, -0.15) is 0 Å². The van der Waals surface area contributed by atoms with Crippen molar-refractivity contribution in [3.63, 3.8) is 0 Å². The van der Waals surface area contributed by atoms with Gasteiger partial charge in [-0.25, -0.2) is 4.39 Å². The quantitative estimate of drug-likeness (QED) is 0.561. The molecule has 0 aliphatic heterocycles. The van der Waals surface area contributed by atoms with E-state index in [4.69, 9.17) is 34.8 Å². The van der Waals surface area contributed by atoms with Gasteiger partial charge >= 0.3 is 0 Å². The van der Waals surface area contributed by atoms with Crippen LogP contribution in [0.2, 0.25) is 15.1 Å². The molecule has 2 aromatic carbocycles. The number of halogens is 4. The van der Waals surface area contributed by atoms with Gasteiger partial charge in [0.1, 0.15) is 5.82 Å². The van der Waals surface area contributed by atoms with Crippen LogP contribution < -0.4 is 0 Å². The van der Waals surface area contributed by atoms with E-state index in [1.807, 2.05) is 22.9 Å². The van der Waals surface area contributed by atoms with Gasteiger partial charge in [0, 0.05) is 28.2 Å². The molecule has 0 aliphatic rings. The molecule has 1 aromatic heterocycles. The van der Waals surface area contributed by atoms with Gasteiger partial charge in [-0.15, -0.1) is 0 Å². The van der Waals surface area contributed by atoms with Crippen molar-refractivity contribution >= 4 is 45.7 Å². The average Bonchev–Trinajstić information content (AvgIpc) is 2.76. The lowest BCUT2D eigenvalue weighted by molar-refractivity contribution is 0.626. The van der Waals surface area contributed by atoms with Gasteiger partial charge in [-0.3, -0.25) is 0 Å². The topological polar surface area (TPSA) is 4.93 Å². The molecule has 0 N–H and O–H groups in total. The number of fused-ring (bicyclic) bond motifs is 1. The highest BCUT2D eigenvalue weighted by Gasteiger charge is 2.09. The molecule has 3 rings (SSSR count). The molecule has 0 radical (unpaired) electrons. The summed E-state index contributed by atoms with van der Waals surface area (Å²) in [6.07, 6.45) is 1.91. The van der Waals surface area contributed by atoms with Gasteiger partial charge in [0.25, 0.3) is 0 Å². The van der Waals surface area contributed by atoms with Gasteiger partial charge in [-0.05, 0) is 35.9 Å². The molecular formula is C15H9Cl3FN. The summed E-state index contributed by atoms with van der Waals surface area (Å²) in [4.78, 5) is 0. The van der Waals surface area contributed by atoms with Crippen LogP contribution >= 0.6 is 34.8 Å². The molecule has 0 bridgehead atoms. The highest BCUT2D eigenvalue weighted by molar-refractivity contribution is 6.38. The van der Waals surface area contributed by atoms with E-state index >= 15 is 0 Å². The fraction of sp³-hybridized carbons (Fsp3) is 0.0667. The standard InChI is InChI=1S/C15H9Cl3FN/c16-10-5-14(18)12-3-4-20(15(12)6-10)8-9-1-2-11(19)7-13(9)17/h1-7H,8H2. The van der Waals surface area contributed by atoms with E-state index in [2.05, 4.69) is 0 Å². The molecule has 20 heavy (non-hydrogen) atoms. The molecule has 1 heterocycles. The maximum atomic E-state index is 13.1. The second kappa shape index (κ2) is 5.28. The van der Waals surface area contributed by atoms with Crippen LogP contribution in [0, 0.1) is 5.82 Å². The van der Waals surface area contributed by atoms with E-state index in [0.717, 1.165) is 16.5 Å². The Morgan fingerprint density at radius 3 is 2.50 bits per heavy atom. The lowest BCUT2D eigenvalue weighted by atomic mass is 10.2. The van der Waals surface area contributed by atoms with E-state index in [0.29, 0.717) is 21.6 Å². The maximum absolute atomic E-state index is 13.1. The second-order valence-electron chi connectivity index (χ2n) is 4.50. The number of hydrogen-bond donors (Lipinski definition) is 0. The first kappa shape index (κ1) is 13.7. The zero-order valence-corrected chi connectivity index (χ0v) is 12.5. The minimum absolute atomic E-state index is 0.345. The van der Waals surface area contributed by atoms with Gasteiger partial charge < -0.3 is 4.57 Å². The molecular weight excluding hydrogens is 320 g/mol. The smallest absolute Gasteiger partial charge is 0.124 e. The zero-order valence-electron chi connectivity index (χ0n) is 10.2. The molecule has 5 heteroatoms. The lowest BCUT2D eigenvalue weighted by Crippen LogP contribution is -1.99. The molecule has 3 aromatic rings. The SMILES string of the molecule is Fc1ccc(Cn2ccc3c(Cl)cc(Cl)cc32)c(Cl)c1. The molecule has 0 saturated carbocycles. The summed E-state index contributed by atoms with van der Waals surface area (Å²) >= 11 is 18.2. The molecule has 0 saturated heterocycles. The summed E-state index contributed by atoms with van der Waals surface area (Å²) in [7, 11) is 0. The third-order valence-corrected chi connectivity index (χ3v) is 4.04.